The minimum atomic E-state index is -0.341. The van der Waals surface area contributed by atoms with E-state index in [-0.39, 0.29) is 11.7 Å². The molecule has 3 N–H and O–H groups in total. The number of carbonyl (C=O) groups excluding carboxylic acids is 1. The number of rotatable bonds is 4. The number of nitrogens with zero attached hydrogens (tertiary/aromatic N) is 2. The second-order valence-corrected chi connectivity index (χ2v) is 5.30. The normalized spacial score (nSPS) is 10.0. The van der Waals surface area contributed by atoms with E-state index < -0.39 is 0 Å². The van der Waals surface area contributed by atoms with Crippen LogP contribution in [0.15, 0.2) is 54.7 Å². The summed E-state index contributed by atoms with van der Waals surface area (Å²) >= 11 is 5.99. The van der Waals surface area contributed by atoms with Gasteiger partial charge in [0.2, 0.25) is 0 Å². The quantitative estimate of drug-likeness (QED) is 0.672. The Hall–Kier alpha value is -3.30. The number of nitrogens with one attached hydrogen (secondary N) is 3. The Morgan fingerprint density at radius 1 is 1.17 bits per heavy atom. The third-order valence-electron chi connectivity index (χ3n) is 3.19. The summed E-state index contributed by atoms with van der Waals surface area (Å²) in [5.41, 5.74) is 1.76. The molecular formula is C17H12ClN5O. The summed E-state index contributed by atoms with van der Waals surface area (Å²) in [6, 6.07) is 16.1. The largest absolute Gasteiger partial charge is 0.340 e. The van der Waals surface area contributed by atoms with Crippen molar-refractivity contribution < 1.29 is 4.79 Å². The predicted molar refractivity (Wildman–Crippen MR) is 92.4 cm³/mol. The number of imidazole rings is 1. The molecule has 118 valence electrons. The van der Waals surface area contributed by atoms with Crippen LogP contribution in [0.3, 0.4) is 0 Å². The van der Waals surface area contributed by atoms with Gasteiger partial charge in [0.15, 0.2) is 5.82 Å². The molecule has 0 aliphatic rings. The molecule has 3 rings (SSSR count). The Labute approximate surface area is 143 Å². The van der Waals surface area contributed by atoms with E-state index >= 15 is 0 Å². The number of amides is 1. The molecule has 0 atom stereocenters. The molecule has 2 aromatic carbocycles. The van der Waals surface area contributed by atoms with E-state index in [0.717, 1.165) is 0 Å². The number of hydrogen-bond donors (Lipinski definition) is 3. The Morgan fingerprint density at radius 3 is 2.67 bits per heavy atom. The maximum absolute atomic E-state index is 12.1. The highest BCUT2D eigenvalue weighted by atomic mass is 35.5. The number of aromatic amines is 1. The van der Waals surface area contributed by atoms with Crippen LogP contribution in [0.1, 0.15) is 16.2 Å². The van der Waals surface area contributed by atoms with E-state index in [1.54, 1.807) is 30.3 Å². The second-order valence-electron chi connectivity index (χ2n) is 4.90. The molecule has 3 aromatic rings. The van der Waals surface area contributed by atoms with Gasteiger partial charge >= 0.3 is 0 Å². The fraction of sp³-hybridized carbons (Fsp3) is 0. The average Bonchev–Trinajstić information content (AvgIpc) is 3.05. The maximum Gasteiger partial charge on any atom is 0.291 e. The summed E-state index contributed by atoms with van der Waals surface area (Å²) in [7, 11) is 0. The van der Waals surface area contributed by atoms with Crippen LogP contribution in [0.4, 0.5) is 17.2 Å². The molecule has 0 saturated heterocycles. The van der Waals surface area contributed by atoms with Gasteiger partial charge < -0.3 is 15.6 Å². The molecule has 0 unspecified atom stereocenters. The van der Waals surface area contributed by atoms with E-state index in [4.69, 9.17) is 16.9 Å². The van der Waals surface area contributed by atoms with Crippen molar-refractivity contribution in [2.45, 2.75) is 0 Å². The minimum Gasteiger partial charge on any atom is -0.340 e. The van der Waals surface area contributed by atoms with Crippen molar-refractivity contribution in [1.82, 2.24) is 9.97 Å². The number of anilines is 3. The standard InChI is InChI=1S/C17H12ClN5O/c18-14-8-13(7-6-11(14)9-19)21-15-10-20-16(23-15)17(24)22-12-4-2-1-3-5-12/h1-8,10,21H,(H,20,23)(H,22,24). The fourth-order valence-electron chi connectivity index (χ4n) is 2.05. The number of H-pyrrole nitrogens is 1. The number of nitriles is 1. The first-order chi connectivity index (χ1) is 11.7. The molecule has 0 aliphatic heterocycles. The Balaban J connectivity index is 1.70. The summed E-state index contributed by atoms with van der Waals surface area (Å²) in [4.78, 5) is 19.1. The lowest BCUT2D eigenvalue weighted by atomic mass is 10.2. The molecule has 0 saturated carbocycles. The molecule has 6 nitrogen and oxygen atoms in total. The number of aromatic nitrogens is 2. The zero-order valence-corrected chi connectivity index (χ0v) is 13.1. The number of benzene rings is 2. The zero-order valence-electron chi connectivity index (χ0n) is 12.4. The van der Waals surface area contributed by atoms with Gasteiger partial charge in [-0.05, 0) is 30.3 Å². The van der Waals surface area contributed by atoms with Crippen molar-refractivity contribution in [1.29, 1.82) is 5.26 Å². The monoisotopic (exact) mass is 337 g/mol. The number of para-hydroxylation sites is 1. The molecule has 24 heavy (non-hydrogen) atoms. The minimum absolute atomic E-state index is 0.182. The van der Waals surface area contributed by atoms with Gasteiger partial charge in [0, 0.05) is 11.4 Å². The number of halogens is 1. The number of hydrogen-bond acceptors (Lipinski definition) is 4. The summed E-state index contributed by atoms with van der Waals surface area (Å²) in [5, 5.41) is 15.0. The third kappa shape index (κ3) is 3.54. The Kier molecular flexibility index (Phi) is 4.45. The van der Waals surface area contributed by atoms with Crippen molar-refractivity contribution in [3.63, 3.8) is 0 Å². The highest BCUT2D eigenvalue weighted by Crippen LogP contribution is 2.22. The smallest absolute Gasteiger partial charge is 0.291 e. The SMILES string of the molecule is N#Cc1ccc(Nc2cnc(C(=O)Nc3ccccc3)[nH]2)cc1Cl. The first-order valence-electron chi connectivity index (χ1n) is 7.04. The van der Waals surface area contributed by atoms with E-state index in [1.165, 1.54) is 6.20 Å². The first-order valence-corrected chi connectivity index (χ1v) is 7.41. The van der Waals surface area contributed by atoms with Gasteiger partial charge in [-0.25, -0.2) is 4.98 Å². The van der Waals surface area contributed by atoms with E-state index in [1.807, 2.05) is 24.3 Å². The Morgan fingerprint density at radius 2 is 1.96 bits per heavy atom. The topological polar surface area (TPSA) is 93.6 Å². The second kappa shape index (κ2) is 6.86. The summed E-state index contributed by atoms with van der Waals surface area (Å²) in [5.74, 6) is 0.377. The summed E-state index contributed by atoms with van der Waals surface area (Å²) in [6.07, 6.45) is 1.51. The van der Waals surface area contributed by atoms with Crippen LogP contribution in [-0.4, -0.2) is 15.9 Å². The van der Waals surface area contributed by atoms with Gasteiger partial charge in [0.25, 0.3) is 5.91 Å². The van der Waals surface area contributed by atoms with Crippen LogP contribution in [0.25, 0.3) is 0 Å². The van der Waals surface area contributed by atoms with E-state index in [9.17, 15) is 4.79 Å². The summed E-state index contributed by atoms with van der Waals surface area (Å²) in [6.45, 7) is 0. The molecule has 1 aromatic heterocycles. The van der Waals surface area contributed by atoms with Crippen LogP contribution >= 0.6 is 11.6 Å². The zero-order chi connectivity index (χ0) is 16.9. The van der Waals surface area contributed by atoms with Gasteiger partial charge in [-0.2, -0.15) is 5.26 Å². The van der Waals surface area contributed by atoms with Gasteiger partial charge in [-0.15, -0.1) is 0 Å². The van der Waals surface area contributed by atoms with Crippen LogP contribution in [0.2, 0.25) is 5.02 Å². The molecule has 0 aliphatic carbocycles. The molecule has 0 fully saturated rings. The molecule has 0 spiro atoms. The van der Waals surface area contributed by atoms with Crippen LogP contribution < -0.4 is 10.6 Å². The van der Waals surface area contributed by atoms with Gasteiger partial charge in [0.05, 0.1) is 16.8 Å². The first kappa shape index (κ1) is 15.6. The average molecular weight is 338 g/mol. The number of carbonyl (C=O) groups is 1. The van der Waals surface area contributed by atoms with Gasteiger partial charge in [0.1, 0.15) is 11.9 Å². The fourth-order valence-corrected chi connectivity index (χ4v) is 2.27. The van der Waals surface area contributed by atoms with Crippen LogP contribution in [0.5, 0.6) is 0 Å². The van der Waals surface area contributed by atoms with Gasteiger partial charge in [-0.1, -0.05) is 29.8 Å². The molecule has 0 bridgehead atoms. The molecule has 0 radical (unpaired) electrons. The van der Waals surface area contributed by atoms with Crippen molar-refractivity contribution in [3.05, 3.63) is 71.1 Å². The molecule has 1 amide bonds. The van der Waals surface area contributed by atoms with Crippen molar-refractivity contribution >= 4 is 34.7 Å². The molecule has 1 heterocycles. The summed E-state index contributed by atoms with van der Waals surface area (Å²) < 4.78 is 0. The van der Waals surface area contributed by atoms with Crippen LogP contribution in [0, 0.1) is 11.3 Å². The third-order valence-corrected chi connectivity index (χ3v) is 3.50. The van der Waals surface area contributed by atoms with Crippen molar-refractivity contribution in [2.75, 3.05) is 10.6 Å². The predicted octanol–water partition coefficient (Wildman–Crippen LogP) is 3.93. The lowest BCUT2D eigenvalue weighted by Gasteiger charge is -2.05. The van der Waals surface area contributed by atoms with Crippen molar-refractivity contribution in [3.8, 4) is 6.07 Å². The van der Waals surface area contributed by atoms with Crippen LogP contribution in [-0.2, 0) is 0 Å². The van der Waals surface area contributed by atoms with E-state index in [0.29, 0.717) is 27.8 Å². The molecular weight excluding hydrogens is 326 g/mol. The highest BCUT2D eigenvalue weighted by molar-refractivity contribution is 6.32. The van der Waals surface area contributed by atoms with Gasteiger partial charge in [-0.3, -0.25) is 4.79 Å². The Bertz CT molecular complexity index is 914. The van der Waals surface area contributed by atoms with Crippen molar-refractivity contribution in [2.24, 2.45) is 0 Å². The molecule has 7 heteroatoms. The lowest BCUT2D eigenvalue weighted by molar-refractivity contribution is 0.101. The maximum atomic E-state index is 12.1. The highest BCUT2D eigenvalue weighted by Gasteiger charge is 2.11. The lowest BCUT2D eigenvalue weighted by Crippen LogP contribution is -2.13. The van der Waals surface area contributed by atoms with E-state index in [2.05, 4.69) is 20.6 Å².